The molecule has 19 heavy (non-hydrogen) atoms. The summed E-state index contributed by atoms with van der Waals surface area (Å²) in [6.45, 7) is 2.80. The van der Waals surface area contributed by atoms with Gasteiger partial charge in [0.25, 0.3) is 0 Å². The van der Waals surface area contributed by atoms with Crippen molar-refractivity contribution in [2.75, 3.05) is 20.3 Å². The van der Waals surface area contributed by atoms with Crippen LogP contribution in [0.5, 0.6) is 5.75 Å². The predicted molar refractivity (Wildman–Crippen MR) is 71.8 cm³/mol. The molecule has 1 aliphatic rings. The Kier molecular flexibility index (Phi) is 4.80. The van der Waals surface area contributed by atoms with E-state index < -0.39 is 6.10 Å². The molecule has 0 N–H and O–H groups in total. The molecule has 2 unspecified atom stereocenters. The fourth-order valence-corrected chi connectivity index (χ4v) is 2.06. The predicted octanol–water partition coefficient (Wildman–Crippen LogP) is 2.40. The van der Waals surface area contributed by atoms with Crippen molar-refractivity contribution in [2.45, 2.75) is 25.6 Å². The molecule has 0 saturated heterocycles. The van der Waals surface area contributed by atoms with E-state index in [9.17, 15) is 4.79 Å². The Morgan fingerprint density at radius 3 is 2.84 bits per heavy atom. The minimum Gasteiger partial charge on any atom is -0.485 e. The van der Waals surface area contributed by atoms with Crippen molar-refractivity contribution in [3.63, 3.8) is 0 Å². The van der Waals surface area contributed by atoms with Crippen LogP contribution in [0.4, 0.5) is 0 Å². The van der Waals surface area contributed by atoms with Crippen LogP contribution in [-0.4, -0.2) is 38.3 Å². The van der Waals surface area contributed by atoms with Crippen LogP contribution < -0.4 is 4.74 Å². The number of rotatable bonds is 6. The molecule has 1 saturated carbocycles. The Balaban J connectivity index is 1.95. The average molecular weight is 285 g/mol. The first-order valence-corrected chi connectivity index (χ1v) is 6.55. The molecule has 1 aromatic rings. The third kappa shape index (κ3) is 3.47. The second kappa shape index (κ2) is 6.37. The fraction of sp³-hybridized carbons (Fsp3) is 0.500. The highest BCUT2D eigenvalue weighted by atomic mass is 35.5. The van der Waals surface area contributed by atoms with Crippen LogP contribution in [0.15, 0.2) is 18.2 Å². The average Bonchev–Trinajstić information content (AvgIpc) is 2.38. The van der Waals surface area contributed by atoms with E-state index in [0.29, 0.717) is 30.4 Å². The molecule has 0 heterocycles. The first-order valence-electron chi connectivity index (χ1n) is 6.18. The van der Waals surface area contributed by atoms with Crippen molar-refractivity contribution in [1.82, 2.24) is 0 Å². The fourth-order valence-electron chi connectivity index (χ4n) is 1.89. The van der Waals surface area contributed by atoms with Gasteiger partial charge in [-0.15, -0.1) is 0 Å². The van der Waals surface area contributed by atoms with Gasteiger partial charge in [0.15, 0.2) is 11.9 Å². The van der Waals surface area contributed by atoms with Crippen molar-refractivity contribution in [3.8, 4) is 5.75 Å². The molecule has 0 aliphatic heterocycles. The number of ketones is 1. The second-order valence-corrected chi connectivity index (χ2v) is 4.95. The SMILES string of the molecule is COCCOC1C(=O)CC1Oc1cc(C)ccc1Cl. The Bertz CT molecular complexity index is 461. The number of carbonyl (C=O) groups is 1. The number of Topliss-reactive ketones (excluding diaryl/α,β-unsaturated/α-hetero) is 1. The summed E-state index contributed by atoms with van der Waals surface area (Å²) < 4.78 is 16.1. The highest BCUT2D eigenvalue weighted by Gasteiger charge is 2.42. The molecule has 2 rings (SSSR count). The van der Waals surface area contributed by atoms with Crippen molar-refractivity contribution in [3.05, 3.63) is 28.8 Å². The lowest BCUT2D eigenvalue weighted by molar-refractivity contribution is -0.156. The van der Waals surface area contributed by atoms with Gasteiger partial charge in [0.2, 0.25) is 0 Å². The zero-order valence-electron chi connectivity index (χ0n) is 11.0. The van der Waals surface area contributed by atoms with Gasteiger partial charge in [-0.25, -0.2) is 0 Å². The van der Waals surface area contributed by atoms with E-state index in [4.69, 9.17) is 25.8 Å². The van der Waals surface area contributed by atoms with Crippen LogP contribution in [0.3, 0.4) is 0 Å². The molecule has 1 aliphatic carbocycles. The molecule has 104 valence electrons. The van der Waals surface area contributed by atoms with Crippen molar-refractivity contribution in [1.29, 1.82) is 0 Å². The van der Waals surface area contributed by atoms with Crippen LogP contribution >= 0.6 is 11.6 Å². The van der Waals surface area contributed by atoms with Crippen LogP contribution in [0.1, 0.15) is 12.0 Å². The van der Waals surface area contributed by atoms with E-state index in [1.807, 2.05) is 19.1 Å². The molecule has 0 radical (unpaired) electrons. The molecule has 0 bridgehead atoms. The largest absolute Gasteiger partial charge is 0.485 e. The smallest absolute Gasteiger partial charge is 0.169 e. The zero-order valence-corrected chi connectivity index (χ0v) is 11.8. The highest BCUT2D eigenvalue weighted by Crippen LogP contribution is 2.31. The summed E-state index contributed by atoms with van der Waals surface area (Å²) in [5.41, 5.74) is 1.06. The van der Waals surface area contributed by atoms with Gasteiger partial charge in [-0.05, 0) is 24.6 Å². The van der Waals surface area contributed by atoms with Crippen molar-refractivity contribution in [2.24, 2.45) is 0 Å². The lowest BCUT2D eigenvalue weighted by Crippen LogP contribution is -2.52. The minimum absolute atomic E-state index is 0.0601. The topological polar surface area (TPSA) is 44.8 Å². The van der Waals surface area contributed by atoms with Gasteiger partial charge in [-0.2, -0.15) is 0 Å². The summed E-state index contributed by atoms with van der Waals surface area (Å²) in [5, 5.41) is 0.542. The van der Waals surface area contributed by atoms with E-state index >= 15 is 0 Å². The number of methoxy groups -OCH3 is 1. The molecular weight excluding hydrogens is 268 g/mol. The number of aryl methyl sites for hydroxylation is 1. The molecule has 0 aromatic heterocycles. The number of ether oxygens (including phenoxy) is 3. The summed E-state index contributed by atoms with van der Waals surface area (Å²) in [7, 11) is 1.59. The van der Waals surface area contributed by atoms with Gasteiger partial charge >= 0.3 is 0 Å². The molecular formula is C14H17ClO4. The molecule has 5 heteroatoms. The van der Waals surface area contributed by atoms with Crippen LogP contribution in [0.2, 0.25) is 5.02 Å². The van der Waals surface area contributed by atoms with Gasteiger partial charge < -0.3 is 14.2 Å². The Morgan fingerprint density at radius 1 is 1.37 bits per heavy atom. The minimum atomic E-state index is -0.508. The second-order valence-electron chi connectivity index (χ2n) is 4.54. The standard InChI is InChI=1S/C14H17ClO4/c1-9-3-4-10(15)12(7-9)19-13-8-11(16)14(13)18-6-5-17-2/h3-4,7,13-14H,5-6,8H2,1-2H3. The quantitative estimate of drug-likeness (QED) is 0.753. The molecule has 2 atom stereocenters. The number of halogens is 1. The first kappa shape index (κ1) is 14.3. The van der Waals surface area contributed by atoms with E-state index in [-0.39, 0.29) is 11.9 Å². The van der Waals surface area contributed by atoms with Crippen molar-refractivity contribution >= 4 is 17.4 Å². The van der Waals surface area contributed by atoms with Gasteiger partial charge in [0.1, 0.15) is 11.9 Å². The molecule has 1 fully saturated rings. The maximum Gasteiger partial charge on any atom is 0.169 e. The van der Waals surface area contributed by atoms with Crippen molar-refractivity contribution < 1.29 is 19.0 Å². The molecule has 0 amide bonds. The summed E-state index contributed by atoms with van der Waals surface area (Å²) >= 11 is 6.06. The summed E-state index contributed by atoms with van der Waals surface area (Å²) in [6.07, 6.45) is -0.405. The Labute approximate surface area is 117 Å². The number of carbonyl (C=O) groups excluding carboxylic acids is 1. The van der Waals surface area contributed by atoms with E-state index in [0.717, 1.165) is 5.56 Å². The first-order chi connectivity index (χ1) is 9.11. The number of benzene rings is 1. The van der Waals surface area contributed by atoms with E-state index in [1.54, 1.807) is 13.2 Å². The summed E-state index contributed by atoms with van der Waals surface area (Å²) in [4.78, 5) is 11.5. The summed E-state index contributed by atoms with van der Waals surface area (Å²) in [6, 6.07) is 5.55. The number of hydrogen-bond acceptors (Lipinski definition) is 4. The number of hydrogen-bond donors (Lipinski definition) is 0. The van der Waals surface area contributed by atoms with Gasteiger partial charge in [-0.3, -0.25) is 4.79 Å². The van der Waals surface area contributed by atoms with E-state index in [2.05, 4.69) is 0 Å². The maximum absolute atomic E-state index is 11.5. The lowest BCUT2D eigenvalue weighted by atomic mass is 9.90. The lowest BCUT2D eigenvalue weighted by Gasteiger charge is -2.34. The molecule has 0 spiro atoms. The Morgan fingerprint density at radius 2 is 2.16 bits per heavy atom. The third-order valence-electron chi connectivity index (χ3n) is 3.01. The summed E-state index contributed by atoms with van der Waals surface area (Å²) in [5.74, 6) is 0.657. The maximum atomic E-state index is 11.5. The Hall–Kier alpha value is -1.10. The molecule has 4 nitrogen and oxygen atoms in total. The highest BCUT2D eigenvalue weighted by molar-refractivity contribution is 6.32. The third-order valence-corrected chi connectivity index (χ3v) is 3.32. The normalized spacial score (nSPS) is 22.2. The van der Waals surface area contributed by atoms with Crippen LogP contribution in [0.25, 0.3) is 0 Å². The van der Waals surface area contributed by atoms with Crippen LogP contribution in [0, 0.1) is 6.92 Å². The van der Waals surface area contributed by atoms with Crippen LogP contribution in [-0.2, 0) is 14.3 Å². The monoisotopic (exact) mass is 284 g/mol. The van der Waals surface area contributed by atoms with Gasteiger partial charge in [-0.1, -0.05) is 17.7 Å². The van der Waals surface area contributed by atoms with Gasteiger partial charge in [0.05, 0.1) is 18.2 Å². The molecule has 1 aromatic carbocycles. The van der Waals surface area contributed by atoms with Gasteiger partial charge in [0, 0.05) is 13.5 Å². The van der Waals surface area contributed by atoms with E-state index in [1.165, 1.54) is 0 Å². The zero-order chi connectivity index (χ0) is 13.8.